The van der Waals surface area contributed by atoms with Crippen molar-refractivity contribution in [2.24, 2.45) is 0 Å². The normalized spacial score (nSPS) is 14.0. The third-order valence-electron chi connectivity index (χ3n) is 1.52. The van der Waals surface area contributed by atoms with Gasteiger partial charge in [0.05, 0.1) is 7.11 Å². The highest BCUT2D eigenvalue weighted by Crippen LogP contribution is 2.24. The monoisotopic (exact) mass is 246 g/mol. The van der Waals surface area contributed by atoms with Gasteiger partial charge in [0.25, 0.3) is 5.31 Å². The summed E-state index contributed by atoms with van der Waals surface area (Å²) in [6, 6.07) is 0. The maximum atomic E-state index is 11.0. The first-order valence-electron chi connectivity index (χ1n) is 3.70. The van der Waals surface area contributed by atoms with E-state index in [1.807, 2.05) is 0 Å². The average molecular weight is 247 g/mol. The summed E-state index contributed by atoms with van der Waals surface area (Å²) in [5.74, 6) is 0. The molecule has 0 fully saturated rings. The first-order chi connectivity index (χ1) is 6.15. The van der Waals surface area contributed by atoms with Gasteiger partial charge >= 0.3 is 10.4 Å². The fraction of sp³-hybridized carbons (Fsp3) is 1.00. The van der Waals surface area contributed by atoms with E-state index in [1.165, 1.54) is 9.80 Å². The van der Waals surface area contributed by atoms with Crippen molar-refractivity contribution >= 4 is 22.0 Å². The Kier molecular flexibility index (Phi) is 4.76. The van der Waals surface area contributed by atoms with Gasteiger partial charge in [0.15, 0.2) is 0 Å². The zero-order chi connectivity index (χ0) is 11.6. The Balaban J connectivity index is 4.89. The van der Waals surface area contributed by atoms with Crippen molar-refractivity contribution in [2.75, 3.05) is 35.3 Å². The fourth-order valence-corrected chi connectivity index (χ4v) is 1.57. The number of alkyl halides is 1. The molecule has 0 saturated heterocycles. The van der Waals surface area contributed by atoms with Gasteiger partial charge in [-0.3, -0.25) is 14.0 Å². The molecule has 0 aliphatic rings. The minimum Gasteiger partial charge on any atom is -0.254 e. The summed E-state index contributed by atoms with van der Waals surface area (Å²) in [6.45, 7) is 0. The second kappa shape index (κ2) is 4.73. The lowest BCUT2D eigenvalue weighted by Crippen LogP contribution is -2.53. The van der Waals surface area contributed by atoms with Gasteiger partial charge in [-0.2, -0.15) is 12.6 Å². The molecule has 0 atom stereocenters. The predicted octanol–water partition coefficient (Wildman–Crippen LogP) is -0.133. The Morgan fingerprint density at radius 1 is 1.14 bits per heavy atom. The molecule has 0 aromatic carbocycles. The molecule has 0 aliphatic carbocycles. The van der Waals surface area contributed by atoms with E-state index in [4.69, 9.17) is 11.6 Å². The topological polar surface area (TPSA) is 59.1 Å². The van der Waals surface area contributed by atoms with E-state index >= 15 is 0 Å². The number of nitrogens with zero attached hydrogens (tertiary/aromatic N) is 2. The van der Waals surface area contributed by atoms with Crippen LogP contribution in [0.3, 0.4) is 0 Å². The lowest BCUT2D eigenvalue weighted by molar-refractivity contribution is -0.0890. The summed E-state index contributed by atoms with van der Waals surface area (Å²) in [5, 5.41) is -1.59. The lowest BCUT2D eigenvalue weighted by atomic mass is 10.7. The molecular formula is C6H15ClN2O4S. The standard InChI is InChI=1S/C6H15ClN2O4S/c1-8(2)6(7,9(3)4)13-14(10,11)12-5/h1-5H3. The molecule has 6 nitrogen and oxygen atoms in total. The fourth-order valence-electron chi connectivity index (χ4n) is 0.713. The number of hydrogen-bond acceptors (Lipinski definition) is 6. The molecule has 8 heteroatoms. The molecule has 0 aromatic rings. The molecule has 14 heavy (non-hydrogen) atoms. The number of rotatable bonds is 5. The van der Waals surface area contributed by atoms with Crippen LogP contribution >= 0.6 is 11.6 Å². The van der Waals surface area contributed by atoms with Gasteiger partial charge in [0, 0.05) is 0 Å². The third kappa shape index (κ3) is 3.34. The predicted molar refractivity (Wildman–Crippen MR) is 53.0 cm³/mol. The molecule has 0 amide bonds. The van der Waals surface area contributed by atoms with Gasteiger partial charge < -0.3 is 0 Å². The summed E-state index contributed by atoms with van der Waals surface area (Å²) in [4.78, 5) is 2.79. The van der Waals surface area contributed by atoms with Crippen LogP contribution in [-0.2, 0) is 18.8 Å². The summed E-state index contributed by atoms with van der Waals surface area (Å²) in [7, 11) is 3.24. The van der Waals surface area contributed by atoms with Crippen LogP contribution in [0.15, 0.2) is 0 Å². The van der Waals surface area contributed by atoms with E-state index in [-0.39, 0.29) is 0 Å². The van der Waals surface area contributed by atoms with E-state index < -0.39 is 15.7 Å². The largest absolute Gasteiger partial charge is 0.403 e. The Hall–Kier alpha value is 0.0800. The molecule has 86 valence electrons. The van der Waals surface area contributed by atoms with Crippen LogP contribution in [0.25, 0.3) is 0 Å². The quantitative estimate of drug-likeness (QED) is 0.383. The summed E-state index contributed by atoms with van der Waals surface area (Å²) in [6.07, 6.45) is 0. The van der Waals surface area contributed by atoms with Crippen molar-refractivity contribution in [3.63, 3.8) is 0 Å². The van der Waals surface area contributed by atoms with Crippen LogP contribution in [0.1, 0.15) is 0 Å². The van der Waals surface area contributed by atoms with Crippen molar-refractivity contribution in [1.29, 1.82) is 0 Å². The summed E-state index contributed by atoms with van der Waals surface area (Å²) in [5.41, 5.74) is 0. The number of halogens is 1. The maximum Gasteiger partial charge on any atom is 0.403 e. The Morgan fingerprint density at radius 3 is 1.71 bits per heavy atom. The number of hydrogen-bond donors (Lipinski definition) is 0. The molecule has 0 N–H and O–H groups in total. The first kappa shape index (κ1) is 14.1. The maximum absolute atomic E-state index is 11.0. The van der Waals surface area contributed by atoms with Gasteiger partial charge in [0.1, 0.15) is 0 Å². The van der Waals surface area contributed by atoms with Gasteiger partial charge in [-0.1, -0.05) is 11.6 Å². The van der Waals surface area contributed by atoms with Crippen LogP contribution in [0.4, 0.5) is 0 Å². The van der Waals surface area contributed by atoms with Crippen LogP contribution in [-0.4, -0.2) is 58.8 Å². The van der Waals surface area contributed by atoms with E-state index in [2.05, 4.69) is 8.37 Å². The second-order valence-electron chi connectivity index (χ2n) is 2.98. The Bertz CT molecular complexity index is 270. The van der Waals surface area contributed by atoms with Gasteiger partial charge in [-0.15, -0.1) is 0 Å². The smallest absolute Gasteiger partial charge is 0.254 e. The van der Waals surface area contributed by atoms with Crippen molar-refractivity contribution in [2.45, 2.75) is 5.31 Å². The Morgan fingerprint density at radius 2 is 1.50 bits per heavy atom. The minimum atomic E-state index is -4.08. The van der Waals surface area contributed by atoms with Crippen molar-refractivity contribution in [3.05, 3.63) is 0 Å². The Labute approximate surface area is 89.7 Å². The summed E-state index contributed by atoms with van der Waals surface area (Å²) < 4.78 is 30.9. The van der Waals surface area contributed by atoms with Crippen LogP contribution in [0.2, 0.25) is 0 Å². The molecule has 0 saturated carbocycles. The average Bonchev–Trinajstić information content (AvgIpc) is 2.03. The van der Waals surface area contributed by atoms with Crippen LogP contribution in [0.5, 0.6) is 0 Å². The molecule has 0 bridgehead atoms. The molecule has 0 heterocycles. The SMILES string of the molecule is COS(=O)(=O)OC(Cl)(N(C)C)N(C)C. The minimum absolute atomic E-state index is 0.998. The van der Waals surface area contributed by atoms with E-state index in [9.17, 15) is 8.42 Å². The van der Waals surface area contributed by atoms with Crippen molar-refractivity contribution in [3.8, 4) is 0 Å². The summed E-state index contributed by atoms with van der Waals surface area (Å²) >= 11 is 5.94. The van der Waals surface area contributed by atoms with Gasteiger partial charge in [-0.25, -0.2) is 0 Å². The first-order valence-corrected chi connectivity index (χ1v) is 5.42. The highest BCUT2D eigenvalue weighted by molar-refractivity contribution is 7.81. The molecule has 0 spiro atoms. The highest BCUT2D eigenvalue weighted by atomic mass is 35.5. The second-order valence-corrected chi connectivity index (χ2v) is 4.78. The van der Waals surface area contributed by atoms with E-state index in [0.29, 0.717) is 0 Å². The van der Waals surface area contributed by atoms with Crippen LogP contribution in [0, 0.1) is 0 Å². The van der Waals surface area contributed by atoms with E-state index in [1.54, 1.807) is 28.2 Å². The lowest BCUT2D eigenvalue weighted by Gasteiger charge is -2.36. The molecular weight excluding hydrogens is 232 g/mol. The molecule has 0 aromatic heterocycles. The van der Waals surface area contributed by atoms with Crippen LogP contribution < -0.4 is 0 Å². The highest BCUT2D eigenvalue weighted by Gasteiger charge is 2.39. The van der Waals surface area contributed by atoms with Gasteiger partial charge in [0.2, 0.25) is 0 Å². The zero-order valence-corrected chi connectivity index (χ0v) is 10.4. The molecule has 0 rings (SSSR count). The third-order valence-corrected chi connectivity index (χ3v) is 3.20. The molecule has 0 unspecified atom stereocenters. The molecule has 0 aliphatic heterocycles. The van der Waals surface area contributed by atoms with E-state index in [0.717, 1.165) is 7.11 Å². The van der Waals surface area contributed by atoms with Crippen molar-refractivity contribution in [1.82, 2.24) is 9.80 Å². The van der Waals surface area contributed by atoms with Gasteiger partial charge in [-0.05, 0) is 28.2 Å². The zero-order valence-electron chi connectivity index (χ0n) is 8.81. The molecule has 0 radical (unpaired) electrons. The van der Waals surface area contributed by atoms with Crippen molar-refractivity contribution < 1.29 is 16.8 Å².